The first-order valence-electron chi connectivity index (χ1n) is 8.13. The van der Waals surface area contributed by atoms with E-state index in [2.05, 4.69) is 10.6 Å². The summed E-state index contributed by atoms with van der Waals surface area (Å²) in [5, 5.41) is 14.3. The summed E-state index contributed by atoms with van der Waals surface area (Å²) in [6, 6.07) is -0.954. The van der Waals surface area contributed by atoms with Crippen molar-refractivity contribution >= 4 is 17.9 Å². The number of nitrogens with zero attached hydrogens (tertiary/aromatic N) is 1. The van der Waals surface area contributed by atoms with Gasteiger partial charge in [0.25, 0.3) is 0 Å². The second-order valence-corrected chi connectivity index (χ2v) is 6.18. The number of amides is 3. The van der Waals surface area contributed by atoms with Gasteiger partial charge in [-0.2, -0.15) is 0 Å². The van der Waals surface area contributed by atoms with Gasteiger partial charge in [0.05, 0.1) is 6.54 Å². The molecule has 2 aliphatic rings. The van der Waals surface area contributed by atoms with Crippen LogP contribution in [-0.2, 0) is 9.59 Å². The lowest BCUT2D eigenvalue weighted by Gasteiger charge is -2.32. The molecule has 3 N–H and O–H groups in total. The maximum Gasteiger partial charge on any atom is 0.321 e. The summed E-state index contributed by atoms with van der Waals surface area (Å²) in [5.74, 6) is -1.35. The first-order chi connectivity index (χ1) is 10.6. The molecular weight excluding hydrogens is 286 g/mol. The molecule has 1 atom stereocenters. The first kappa shape index (κ1) is 16.7. The Bertz CT molecular complexity index is 421. The van der Waals surface area contributed by atoms with Crippen LogP contribution in [0.5, 0.6) is 0 Å². The third kappa shape index (κ3) is 4.98. The van der Waals surface area contributed by atoms with Gasteiger partial charge >= 0.3 is 12.0 Å². The number of carboxylic acids is 1. The molecule has 1 aliphatic carbocycles. The molecule has 7 heteroatoms. The van der Waals surface area contributed by atoms with Crippen LogP contribution in [0.3, 0.4) is 0 Å². The molecule has 2 rings (SSSR count). The van der Waals surface area contributed by atoms with Gasteiger partial charge in [-0.15, -0.1) is 0 Å². The number of piperidine rings is 1. The van der Waals surface area contributed by atoms with E-state index in [0.29, 0.717) is 13.0 Å². The summed E-state index contributed by atoms with van der Waals surface area (Å²) in [5.41, 5.74) is 0. The lowest BCUT2D eigenvalue weighted by Crippen LogP contribution is -2.52. The molecule has 1 unspecified atom stereocenters. The number of carboxylic acid groups (broad SMARTS) is 1. The van der Waals surface area contributed by atoms with E-state index in [1.165, 1.54) is 6.42 Å². The van der Waals surface area contributed by atoms with Crippen LogP contribution in [0.1, 0.15) is 51.4 Å². The molecule has 2 fully saturated rings. The van der Waals surface area contributed by atoms with Gasteiger partial charge in [0, 0.05) is 6.04 Å². The number of urea groups is 1. The Kier molecular flexibility index (Phi) is 6.18. The van der Waals surface area contributed by atoms with Crippen LogP contribution in [-0.4, -0.2) is 53.1 Å². The topological polar surface area (TPSA) is 98.7 Å². The highest BCUT2D eigenvalue weighted by molar-refractivity contribution is 5.95. The third-order valence-corrected chi connectivity index (χ3v) is 4.44. The predicted octanol–water partition coefficient (Wildman–Crippen LogP) is 1.08. The Morgan fingerprint density at radius 1 is 1.00 bits per heavy atom. The van der Waals surface area contributed by atoms with Crippen LogP contribution in [0.2, 0.25) is 0 Å². The van der Waals surface area contributed by atoms with E-state index in [1.54, 1.807) is 4.90 Å². The fourth-order valence-electron chi connectivity index (χ4n) is 3.28. The standard InChI is InChI=1S/C15H25N3O4/c19-13(10-18-9-5-4-8-12(18)14(20)21)17-15(22)16-11-6-2-1-3-7-11/h11-12H,1-10H2,(H,20,21)(H2,16,17,19,22). The van der Waals surface area contributed by atoms with Crippen LogP contribution < -0.4 is 10.6 Å². The lowest BCUT2D eigenvalue weighted by atomic mass is 9.96. The number of carbonyl (C=O) groups excluding carboxylic acids is 2. The molecule has 1 heterocycles. The van der Waals surface area contributed by atoms with E-state index in [-0.39, 0.29) is 12.6 Å². The van der Waals surface area contributed by atoms with Gasteiger partial charge in [-0.3, -0.25) is 19.8 Å². The second kappa shape index (κ2) is 8.12. The van der Waals surface area contributed by atoms with Crippen LogP contribution in [0.25, 0.3) is 0 Å². The summed E-state index contributed by atoms with van der Waals surface area (Å²) < 4.78 is 0. The predicted molar refractivity (Wildman–Crippen MR) is 80.4 cm³/mol. The zero-order valence-corrected chi connectivity index (χ0v) is 12.8. The molecule has 0 bridgehead atoms. The van der Waals surface area contributed by atoms with Crippen molar-refractivity contribution in [1.29, 1.82) is 0 Å². The van der Waals surface area contributed by atoms with Crippen molar-refractivity contribution in [3.05, 3.63) is 0 Å². The molecular formula is C15H25N3O4. The molecule has 7 nitrogen and oxygen atoms in total. The van der Waals surface area contributed by atoms with Crippen LogP contribution >= 0.6 is 0 Å². The van der Waals surface area contributed by atoms with E-state index in [0.717, 1.165) is 38.5 Å². The molecule has 0 aromatic heterocycles. The average Bonchev–Trinajstić information content (AvgIpc) is 2.48. The summed E-state index contributed by atoms with van der Waals surface area (Å²) >= 11 is 0. The lowest BCUT2D eigenvalue weighted by molar-refractivity contribution is -0.145. The van der Waals surface area contributed by atoms with Crippen molar-refractivity contribution in [2.75, 3.05) is 13.1 Å². The monoisotopic (exact) mass is 311 g/mol. The van der Waals surface area contributed by atoms with Crippen molar-refractivity contribution < 1.29 is 19.5 Å². The van der Waals surface area contributed by atoms with E-state index in [1.807, 2.05) is 0 Å². The number of imide groups is 1. The molecule has 0 aromatic rings. The van der Waals surface area contributed by atoms with Crippen molar-refractivity contribution in [3.8, 4) is 0 Å². The molecule has 22 heavy (non-hydrogen) atoms. The van der Waals surface area contributed by atoms with Crippen LogP contribution in [0.4, 0.5) is 4.79 Å². The second-order valence-electron chi connectivity index (χ2n) is 6.18. The zero-order chi connectivity index (χ0) is 15.9. The number of nitrogens with one attached hydrogen (secondary N) is 2. The fourth-order valence-corrected chi connectivity index (χ4v) is 3.28. The van der Waals surface area contributed by atoms with E-state index < -0.39 is 23.9 Å². The molecule has 0 radical (unpaired) electrons. The molecule has 0 spiro atoms. The Balaban J connectivity index is 1.76. The number of hydrogen-bond donors (Lipinski definition) is 3. The SMILES string of the molecule is O=C(CN1CCCCC1C(=O)O)NC(=O)NC1CCCCC1. The highest BCUT2D eigenvalue weighted by Gasteiger charge is 2.30. The minimum absolute atomic E-state index is 0.0466. The molecule has 1 saturated carbocycles. The smallest absolute Gasteiger partial charge is 0.321 e. The number of carbonyl (C=O) groups is 3. The van der Waals surface area contributed by atoms with E-state index >= 15 is 0 Å². The van der Waals surface area contributed by atoms with E-state index in [4.69, 9.17) is 5.11 Å². The third-order valence-electron chi connectivity index (χ3n) is 4.44. The van der Waals surface area contributed by atoms with Gasteiger partial charge in [0.2, 0.25) is 5.91 Å². The highest BCUT2D eigenvalue weighted by Crippen LogP contribution is 2.18. The number of hydrogen-bond acceptors (Lipinski definition) is 4. The van der Waals surface area contributed by atoms with Gasteiger partial charge in [0.1, 0.15) is 6.04 Å². The van der Waals surface area contributed by atoms with Crippen molar-refractivity contribution in [1.82, 2.24) is 15.5 Å². The average molecular weight is 311 g/mol. The molecule has 124 valence electrons. The fraction of sp³-hybridized carbons (Fsp3) is 0.800. The molecule has 0 aromatic carbocycles. The van der Waals surface area contributed by atoms with Crippen molar-refractivity contribution in [2.24, 2.45) is 0 Å². The van der Waals surface area contributed by atoms with Gasteiger partial charge < -0.3 is 10.4 Å². The van der Waals surface area contributed by atoms with Gasteiger partial charge in [0.15, 0.2) is 0 Å². The summed E-state index contributed by atoms with van der Waals surface area (Å²) in [4.78, 5) is 36.5. The maximum absolute atomic E-state index is 11.9. The van der Waals surface area contributed by atoms with Crippen molar-refractivity contribution in [2.45, 2.75) is 63.5 Å². The first-order valence-corrected chi connectivity index (χ1v) is 8.13. The summed E-state index contributed by atoms with van der Waals surface area (Å²) in [6.45, 7) is 0.531. The zero-order valence-electron chi connectivity index (χ0n) is 12.8. The Labute approximate surface area is 130 Å². The number of likely N-dealkylation sites (tertiary alicyclic amines) is 1. The van der Waals surface area contributed by atoms with Gasteiger partial charge in [-0.1, -0.05) is 25.7 Å². The van der Waals surface area contributed by atoms with Crippen LogP contribution in [0, 0.1) is 0 Å². The Morgan fingerprint density at radius 2 is 1.68 bits per heavy atom. The summed E-state index contributed by atoms with van der Waals surface area (Å²) in [6.07, 6.45) is 7.60. The quantitative estimate of drug-likeness (QED) is 0.721. The molecule has 1 saturated heterocycles. The molecule has 3 amide bonds. The normalized spacial score (nSPS) is 23.7. The number of aliphatic carboxylic acids is 1. The minimum atomic E-state index is -0.904. The minimum Gasteiger partial charge on any atom is -0.480 e. The van der Waals surface area contributed by atoms with Gasteiger partial charge in [-0.25, -0.2) is 4.79 Å². The number of rotatable bonds is 4. The summed E-state index contributed by atoms with van der Waals surface area (Å²) in [7, 11) is 0. The molecule has 1 aliphatic heterocycles. The van der Waals surface area contributed by atoms with Crippen LogP contribution in [0.15, 0.2) is 0 Å². The maximum atomic E-state index is 11.9. The Hall–Kier alpha value is -1.63. The highest BCUT2D eigenvalue weighted by atomic mass is 16.4. The van der Waals surface area contributed by atoms with E-state index in [9.17, 15) is 14.4 Å². The van der Waals surface area contributed by atoms with Crippen molar-refractivity contribution in [3.63, 3.8) is 0 Å². The largest absolute Gasteiger partial charge is 0.480 e. The van der Waals surface area contributed by atoms with Gasteiger partial charge in [-0.05, 0) is 32.2 Å². The Morgan fingerprint density at radius 3 is 2.36 bits per heavy atom.